The summed E-state index contributed by atoms with van der Waals surface area (Å²) in [6.07, 6.45) is 1.91. The number of amides is 1. The third kappa shape index (κ3) is 4.80. The third-order valence-electron chi connectivity index (χ3n) is 4.46. The van der Waals surface area contributed by atoms with Gasteiger partial charge in [0.05, 0.1) is 7.11 Å². The summed E-state index contributed by atoms with van der Waals surface area (Å²) in [6.45, 7) is 3.25. The quantitative estimate of drug-likeness (QED) is 0.596. The van der Waals surface area contributed by atoms with E-state index in [1.165, 1.54) is 36.0 Å². The summed E-state index contributed by atoms with van der Waals surface area (Å²) >= 11 is 1.45. The third-order valence-corrected chi connectivity index (χ3v) is 5.17. The van der Waals surface area contributed by atoms with Crippen LogP contribution < -0.4 is 9.64 Å². The molecule has 0 saturated carbocycles. The van der Waals surface area contributed by atoms with Gasteiger partial charge in [-0.15, -0.1) is 0 Å². The number of carbonyl (C=O) groups is 1. The number of halogens is 1. The number of ether oxygens (including phenoxy) is 1. The first-order valence-corrected chi connectivity index (χ1v) is 9.89. The molecular weight excluding hydrogens is 365 g/mol. The normalized spacial score (nSPS) is 15.0. The molecular formula is C20H22FN3O2S. The molecule has 0 aliphatic carbocycles. The van der Waals surface area contributed by atoms with E-state index >= 15 is 0 Å². The van der Waals surface area contributed by atoms with Crippen LogP contribution in [0, 0.1) is 5.82 Å². The summed E-state index contributed by atoms with van der Waals surface area (Å²) in [6, 6.07) is 13.5. The Morgan fingerprint density at radius 3 is 2.22 bits per heavy atom. The van der Waals surface area contributed by atoms with Gasteiger partial charge in [0.2, 0.25) is 0 Å². The van der Waals surface area contributed by atoms with Gasteiger partial charge in [-0.25, -0.2) is 4.39 Å². The molecule has 27 heavy (non-hydrogen) atoms. The van der Waals surface area contributed by atoms with E-state index in [4.69, 9.17) is 4.74 Å². The molecule has 0 spiro atoms. The fourth-order valence-corrected chi connectivity index (χ4v) is 3.55. The highest BCUT2D eigenvalue weighted by molar-refractivity contribution is 8.13. The van der Waals surface area contributed by atoms with Gasteiger partial charge in [0.25, 0.3) is 5.91 Å². The average molecular weight is 387 g/mol. The highest BCUT2D eigenvalue weighted by Gasteiger charge is 2.21. The second-order valence-electron chi connectivity index (χ2n) is 6.08. The number of piperazine rings is 1. The lowest BCUT2D eigenvalue weighted by molar-refractivity contribution is 0.100. The maximum absolute atomic E-state index is 13.0. The summed E-state index contributed by atoms with van der Waals surface area (Å²) in [5.74, 6) is 0.126. The Bertz CT molecular complexity index is 801. The van der Waals surface area contributed by atoms with Crippen LogP contribution in [0.5, 0.6) is 5.75 Å². The Kier molecular flexibility index (Phi) is 6.34. The highest BCUT2D eigenvalue weighted by atomic mass is 32.2. The van der Waals surface area contributed by atoms with Crippen LogP contribution in [-0.2, 0) is 0 Å². The molecule has 5 nitrogen and oxygen atoms in total. The lowest BCUT2D eigenvalue weighted by Gasteiger charge is -2.37. The Hall–Kier alpha value is -2.54. The zero-order chi connectivity index (χ0) is 19.2. The van der Waals surface area contributed by atoms with Gasteiger partial charge in [0.15, 0.2) is 5.17 Å². The second kappa shape index (κ2) is 8.90. The monoisotopic (exact) mass is 387 g/mol. The van der Waals surface area contributed by atoms with Crippen molar-refractivity contribution in [3.63, 3.8) is 0 Å². The predicted octanol–water partition coefficient (Wildman–Crippen LogP) is 3.52. The van der Waals surface area contributed by atoms with Crippen molar-refractivity contribution in [2.75, 3.05) is 44.4 Å². The molecule has 1 heterocycles. The molecule has 142 valence electrons. The van der Waals surface area contributed by atoms with Gasteiger partial charge in [-0.1, -0.05) is 11.8 Å². The number of anilines is 1. The fraction of sp³-hybridized carbons (Fsp3) is 0.300. The van der Waals surface area contributed by atoms with Crippen LogP contribution in [0.25, 0.3) is 0 Å². The molecule has 1 aliphatic heterocycles. The van der Waals surface area contributed by atoms with E-state index in [1.54, 1.807) is 7.11 Å². The molecule has 1 fully saturated rings. The summed E-state index contributed by atoms with van der Waals surface area (Å²) in [5, 5.41) is 0.693. The number of hydrogen-bond acceptors (Lipinski definition) is 4. The van der Waals surface area contributed by atoms with Crippen molar-refractivity contribution in [3.8, 4) is 5.75 Å². The number of benzene rings is 2. The first-order chi connectivity index (χ1) is 13.1. The molecule has 2 aromatic rings. The lowest BCUT2D eigenvalue weighted by atomic mass is 10.2. The number of carbonyl (C=O) groups excluding carboxylic acids is 1. The number of amidine groups is 1. The largest absolute Gasteiger partial charge is 0.497 e. The van der Waals surface area contributed by atoms with Gasteiger partial charge in [-0.3, -0.25) is 4.79 Å². The number of nitrogens with zero attached hydrogens (tertiary/aromatic N) is 3. The minimum Gasteiger partial charge on any atom is -0.497 e. The minimum absolute atomic E-state index is 0.350. The maximum atomic E-state index is 13.0. The molecule has 1 saturated heterocycles. The van der Waals surface area contributed by atoms with Crippen molar-refractivity contribution >= 4 is 28.5 Å². The van der Waals surface area contributed by atoms with E-state index in [0.29, 0.717) is 10.7 Å². The van der Waals surface area contributed by atoms with E-state index in [2.05, 4.69) is 26.9 Å². The molecule has 0 atom stereocenters. The molecule has 0 radical (unpaired) electrons. The fourth-order valence-electron chi connectivity index (χ4n) is 2.94. The van der Waals surface area contributed by atoms with Crippen LogP contribution in [0.2, 0.25) is 0 Å². The topological polar surface area (TPSA) is 45.1 Å². The Labute approximate surface area is 162 Å². The summed E-state index contributed by atoms with van der Waals surface area (Å²) in [4.78, 5) is 21.0. The summed E-state index contributed by atoms with van der Waals surface area (Å²) in [5.41, 5.74) is 1.54. The Morgan fingerprint density at radius 2 is 1.67 bits per heavy atom. The van der Waals surface area contributed by atoms with Gasteiger partial charge in [-0.05, 0) is 54.8 Å². The molecule has 2 aromatic carbocycles. The van der Waals surface area contributed by atoms with Crippen LogP contribution >= 0.6 is 11.8 Å². The van der Waals surface area contributed by atoms with Crippen molar-refractivity contribution in [2.45, 2.75) is 0 Å². The number of hydrogen-bond donors (Lipinski definition) is 0. The number of thioether (sulfide) groups is 1. The predicted molar refractivity (Wildman–Crippen MR) is 108 cm³/mol. The lowest BCUT2D eigenvalue weighted by Crippen LogP contribution is -2.48. The summed E-state index contributed by atoms with van der Waals surface area (Å²) < 4.78 is 18.2. The number of aliphatic imine (C=N–C) groups is 1. The molecule has 1 amide bonds. The Balaban J connectivity index is 1.63. The highest BCUT2D eigenvalue weighted by Crippen LogP contribution is 2.21. The zero-order valence-electron chi connectivity index (χ0n) is 15.4. The molecule has 0 aromatic heterocycles. The minimum atomic E-state index is -0.365. The maximum Gasteiger partial charge on any atom is 0.279 e. The van der Waals surface area contributed by atoms with Crippen LogP contribution in [0.4, 0.5) is 10.1 Å². The SMILES string of the molecule is COc1ccc(N2CCN(C(=NC(=O)c3ccc(F)cc3)SC)CC2)cc1. The van der Waals surface area contributed by atoms with Crippen molar-refractivity contribution in [2.24, 2.45) is 4.99 Å². The Morgan fingerprint density at radius 1 is 1.04 bits per heavy atom. The smallest absolute Gasteiger partial charge is 0.279 e. The van der Waals surface area contributed by atoms with Gasteiger partial charge in [-0.2, -0.15) is 4.99 Å². The van der Waals surface area contributed by atoms with E-state index in [-0.39, 0.29) is 11.7 Å². The number of methoxy groups -OCH3 is 1. The van der Waals surface area contributed by atoms with Crippen molar-refractivity contribution in [3.05, 3.63) is 59.9 Å². The van der Waals surface area contributed by atoms with E-state index in [9.17, 15) is 9.18 Å². The van der Waals surface area contributed by atoms with Gasteiger partial charge in [0, 0.05) is 37.4 Å². The molecule has 7 heteroatoms. The van der Waals surface area contributed by atoms with Crippen LogP contribution in [0.15, 0.2) is 53.5 Å². The first kappa shape index (κ1) is 19.2. The molecule has 0 bridgehead atoms. The van der Waals surface area contributed by atoms with Crippen LogP contribution in [-0.4, -0.2) is 55.5 Å². The average Bonchev–Trinajstić information content (AvgIpc) is 2.72. The van der Waals surface area contributed by atoms with E-state index < -0.39 is 0 Å². The van der Waals surface area contributed by atoms with Crippen LogP contribution in [0.3, 0.4) is 0 Å². The second-order valence-corrected chi connectivity index (χ2v) is 6.86. The van der Waals surface area contributed by atoms with Crippen molar-refractivity contribution < 1.29 is 13.9 Å². The first-order valence-electron chi connectivity index (χ1n) is 8.67. The van der Waals surface area contributed by atoms with Gasteiger partial charge < -0.3 is 14.5 Å². The van der Waals surface area contributed by atoms with E-state index in [0.717, 1.165) is 37.6 Å². The molecule has 0 unspecified atom stereocenters. The van der Waals surface area contributed by atoms with Crippen molar-refractivity contribution in [1.29, 1.82) is 0 Å². The van der Waals surface area contributed by atoms with Gasteiger partial charge in [0.1, 0.15) is 11.6 Å². The van der Waals surface area contributed by atoms with Crippen LogP contribution in [0.1, 0.15) is 10.4 Å². The zero-order valence-corrected chi connectivity index (χ0v) is 16.2. The standard InChI is InChI=1S/C20H22FN3O2S/c1-26-18-9-7-17(8-10-18)23-11-13-24(14-12-23)20(27-2)22-19(25)15-3-5-16(21)6-4-15/h3-10H,11-14H2,1-2H3. The molecule has 1 aliphatic rings. The molecule has 0 N–H and O–H groups in total. The van der Waals surface area contributed by atoms with E-state index in [1.807, 2.05) is 18.4 Å². The summed E-state index contributed by atoms with van der Waals surface area (Å²) in [7, 11) is 1.66. The van der Waals surface area contributed by atoms with Gasteiger partial charge >= 0.3 is 0 Å². The van der Waals surface area contributed by atoms with Crippen molar-refractivity contribution in [1.82, 2.24) is 4.90 Å². The molecule has 3 rings (SSSR count). The number of rotatable bonds is 3.